The zero-order chi connectivity index (χ0) is 23.2. The van der Waals surface area contributed by atoms with Gasteiger partial charge in [0.2, 0.25) is 5.91 Å². The molecule has 3 aromatic rings. The zero-order valence-electron chi connectivity index (χ0n) is 19.1. The van der Waals surface area contributed by atoms with Crippen LogP contribution in [0.25, 0.3) is 0 Å². The van der Waals surface area contributed by atoms with Gasteiger partial charge >= 0.3 is 0 Å². The van der Waals surface area contributed by atoms with Crippen LogP contribution >= 0.6 is 11.8 Å². The molecule has 4 rings (SSSR count). The Hall–Kier alpha value is -3.10. The molecule has 1 aliphatic rings. The lowest BCUT2D eigenvalue weighted by atomic mass is 9.82. The van der Waals surface area contributed by atoms with Crippen molar-refractivity contribution in [1.82, 2.24) is 10.3 Å². The Bertz CT molecular complexity index is 1140. The normalized spacial score (nSPS) is 16.8. The molecule has 4 nitrogen and oxygen atoms in total. The summed E-state index contributed by atoms with van der Waals surface area (Å²) >= 11 is 1.41. The molecule has 0 radical (unpaired) electrons. The van der Waals surface area contributed by atoms with Crippen molar-refractivity contribution in [2.45, 2.75) is 61.8 Å². The largest absolute Gasteiger partial charge is 0.349 e. The van der Waals surface area contributed by atoms with E-state index in [2.05, 4.69) is 35.7 Å². The molecule has 0 fully saturated rings. The fourth-order valence-corrected chi connectivity index (χ4v) is 5.42. The number of amides is 1. The van der Waals surface area contributed by atoms with E-state index >= 15 is 0 Å². The minimum atomic E-state index is -0.297. The van der Waals surface area contributed by atoms with Crippen LogP contribution in [0.5, 0.6) is 0 Å². The molecular weight excluding hydrogens is 426 g/mol. The molecule has 0 saturated carbocycles. The molecule has 1 amide bonds. The predicted octanol–water partition coefficient (Wildman–Crippen LogP) is 5.97. The number of aromatic nitrogens is 1. The number of aryl methyl sites for hydroxylation is 1. The molecule has 1 aromatic heterocycles. The van der Waals surface area contributed by atoms with Crippen molar-refractivity contribution in [3.05, 3.63) is 94.7 Å². The Kier molecular flexibility index (Phi) is 7.47. The first-order valence-corrected chi connectivity index (χ1v) is 12.5. The van der Waals surface area contributed by atoms with E-state index in [0.29, 0.717) is 22.9 Å². The van der Waals surface area contributed by atoms with Gasteiger partial charge in [-0.15, -0.1) is 0 Å². The Morgan fingerprint density at radius 2 is 1.88 bits per heavy atom. The summed E-state index contributed by atoms with van der Waals surface area (Å²) in [6, 6.07) is 24.8. The minimum Gasteiger partial charge on any atom is -0.349 e. The standard InChI is InChI=1S/C28H29N3OS/c1-3-26(27(32)30-19(2)20-10-6-4-7-11-20)33-28-24(18-29)17-23-16-22(14-15-25(23)31-28)21-12-8-5-9-13-21/h4-13,17,19,22,26H,3,14-16H2,1-2H3,(H,30,32). The lowest BCUT2D eigenvalue weighted by Gasteiger charge is -2.25. The quantitative estimate of drug-likeness (QED) is 0.446. The third-order valence-electron chi connectivity index (χ3n) is 6.32. The van der Waals surface area contributed by atoms with E-state index in [4.69, 9.17) is 4.98 Å². The van der Waals surface area contributed by atoms with E-state index in [1.165, 1.54) is 17.3 Å². The van der Waals surface area contributed by atoms with E-state index in [-0.39, 0.29) is 17.2 Å². The molecule has 0 saturated heterocycles. The zero-order valence-corrected chi connectivity index (χ0v) is 19.9. The molecule has 0 spiro atoms. The monoisotopic (exact) mass is 455 g/mol. The highest BCUT2D eigenvalue weighted by Gasteiger charge is 2.26. The van der Waals surface area contributed by atoms with Crippen molar-refractivity contribution in [3.63, 3.8) is 0 Å². The highest BCUT2D eigenvalue weighted by molar-refractivity contribution is 8.00. The number of fused-ring (bicyclic) bond motifs is 1. The van der Waals surface area contributed by atoms with Crippen LogP contribution in [-0.4, -0.2) is 16.1 Å². The number of hydrogen-bond donors (Lipinski definition) is 1. The second-order valence-corrected chi connectivity index (χ2v) is 9.76. The first-order valence-electron chi connectivity index (χ1n) is 11.6. The van der Waals surface area contributed by atoms with Crippen LogP contribution < -0.4 is 5.32 Å². The van der Waals surface area contributed by atoms with Crippen LogP contribution in [0.4, 0.5) is 0 Å². The fourth-order valence-electron chi connectivity index (χ4n) is 4.41. The summed E-state index contributed by atoms with van der Waals surface area (Å²) in [5.41, 5.74) is 5.20. The summed E-state index contributed by atoms with van der Waals surface area (Å²) in [5.74, 6) is 0.436. The van der Waals surface area contributed by atoms with E-state index in [1.807, 2.05) is 56.3 Å². The van der Waals surface area contributed by atoms with Crippen molar-refractivity contribution >= 4 is 17.7 Å². The van der Waals surface area contributed by atoms with E-state index in [1.54, 1.807) is 0 Å². The molecule has 1 aliphatic carbocycles. The molecule has 0 aliphatic heterocycles. The Balaban J connectivity index is 1.49. The Morgan fingerprint density at radius 3 is 2.55 bits per heavy atom. The van der Waals surface area contributed by atoms with E-state index in [0.717, 1.165) is 36.1 Å². The molecule has 3 unspecified atom stereocenters. The topological polar surface area (TPSA) is 65.8 Å². The Labute approximate surface area is 200 Å². The summed E-state index contributed by atoms with van der Waals surface area (Å²) in [6.07, 6.45) is 3.50. The van der Waals surface area contributed by atoms with Crippen molar-refractivity contribution in [1.29, 1.82) is 5.26 Å². The number of benzene rings is 2. The lowest BCUT2D eigenvalue weighted by molar-refractivity contribution is -0.121. The minimum absolute atomic E-state index is 0.0218. The van der Waals surface area contributed by atoms with Crippen molar-refractivity contribution in [3.8, 4) is 6.07 Å². The molecule has 5 heteroatoms. The van der Waals surface area contributed by atoms with Gasteiger partial charge in [0.25, 0.3) is 0 Å². The van der Waals surface area contributed by atoms with Crippen LogP contribution in [0.3, 0.4) is 0 Å². The van der Waals surface area contributed by atoms with Gasteiger partial charge in [0, 0.05) is 5.69 Å². The number of nitrogens with zero attached hydrogens (tertiary/aromatic N) is 2. The number of thioether (sulfide) groups is 1. The molecule has 2 aromatic carbocycles. The summed E-state index contributed by atoms with van der Waals surface area (Å²) in [6.45, 7) is 3.99. The van der Waals surface area contributed by atoms with Gasteiger partial charge in [-0.2, -0.15) is 5.26 Å². The van der Waals surface area contributed by atoms with Crippen molar-refractivity contribution in [2.75, 3.05) is 0 Å². The lowest BCUT2D eigenvalue weighted by Crippen LogP contribution is -2.34. The molecule has 1 heterocycles. The van der Waals surface area contributed by atoms with Gasteiger partial charge in [-0.3, -0.25) is 4.79 Å². The first kappa shape index (κ1) is 23.1. The molecular formula is C28H29N3OS. The summed E-state index contributed by atoms with van der Waals surface area (Å²) in [4.78, 5) is 17.9. The summed E-state index contributed by atoms with van der Waals surface area (Å²) in [5, 5.41) is 13.3. The molecule has 1 N–H and O–H groups in total. The fraction of sp³-hybridized carbons (Fsp3) is 0.321. The average molecular weight is 456 g/mol. The number of rotatable bonds is 7. The smallest absolute Gasteiger partial charge is 0.234 e. The summed E-state index contributed by atoms with van der Waals surface area (Å²) < 4.78 is 0. The highest BCUT2D eigenvalue weighted by atomic mass is 32.2. The second-order valence-electron chi connectivity index (χ2n) is 8.56. The number of carbonyl (C=O) groups is 1. The van der Waals surface area contributed by atoms with Gasteiger partial charge in [0.1, 0.15) is 11.1 Å². The SMILES string of the molecule is CCC(Sc1nc2c(cc1C#N)CC(c1ccccc1)CC2)C(=O)NC(C)c1ccccc1. The maximum Gasteiger partial charge on any atom is 0.234 e. The maximum atomic E-state index is 13.0. The number of carbonyl (C=O) groups excluding carboxylic acids is 1. The molecule has 0 bridgehead atoms. The first-order chi connectivity index (χ1) is 16.1. The van der Waals surface area contributed by atoms with Crippen LogP contribution in [-0.2, 0) is 17.6 Å². The van der Waals surface area contributed by atoms with Crippen molar-refractivity contribution < 1.29 is 4.79 Å². The van der Waals surface area contributed by atoms with Crippen molar-refractivity contribution in [2.24, 2.45) is 0 Å². The van der Waals surface area contributed by atoms with Gasteiger partial charge in [0.15, 0.2) is 0 Å². The number of nitriles is 1. The van der Waals surface area contributed by atoms with Gasteiger partial charge in [-0.05, 0) is 61.3 Å². The van der Waals surface area contributed by atoms with E-state index in [9.17, 15) is 10.1 Å². The van der Waals surface area contributed by atoms with Crippen LogP contribution in [0, 0.1) is 11.3 Å². The predicted molar refractivity (Wildman–Crippen MR) is 133 cm³/mol. The van der Waals surface area contributed by atoms with Crippen LogP contribution in [0.1, 0.15) is 66.6 Å². The van der Waals surface area contributed by atoms with Gasteiger partial charge in [0.05, 0.1) is 16.9 Å². The van der Waals surface area contributed by atoms with E-state index < -0.39 is 0 Å². The number of hydrogen-bond acceptors (Lipinski definition) is 4. The maximum absolute atomic E-state index is 13.0. The Morgan fingerprint density at radius 1 is 1.18 bits per heavy atom. The second kappa shape index (κ2) is 10.7. The number of pyridine rings is 1. The van der Waals surface area contributed by atoms with Crippen LogP contribution in [0.15, 0.2) is 71.8 Å². The highest BCUT2D eigenvalue weighted by Crippen LogP contribution is 2.35. The third kappa shape index (κ3) is 5.46. The third-order valence-corrected chi connectivity index (χ3v) is 7.69. The van der Waals surface area contributed by atoms with Gasteiger partial charge in [-0.25, -0.2) is 4.98 Å². The van der Waals surface area contributed by atoms with Gasteiger partial charge in [-0.1, -0.05) is 79.3 Å². The average Bonchev–Trinajstić information content (AvgIpc) is 2.87. The molecule has 33 heavy (non-hydrogen) atoms. The van der Waals surface area contributed by atoms with Gasteiger partial charge < -0.3 is 5.32 Å². The molecule has 168 valence electrons. The van der Waals surface area contributed by atoms with Crippen LogP contribution in [0.2, 0.25) is 0 Å². The summed E-state index contributed by atoms with van der Waals surface area (Å²) in [7, 11) is 0. The molecule has 3 atom stereocenters. The number of nitrogens with one attached hydrogen (secondary N) is 1.